The Labute approximate surface area is 154 Å². The molecular weight excluding hydrogens is 329 g/mol. The van der Waals surface area contributed by atoms with Crippen LogP contribution in [-0.2, 0) is 18.9 Å². The van der Waals surface area contributed by atoms with Crippen molar-refractivity contribution < 1.29 is 4.39 Å². The summed E-state index contributed by atoms with van der Waals surface area (Å²) < 4.78 is 15.4. The topological polar surface area (TPSA) is 54.2 Å². The fourth-order valence-corrected chi connectivity index (χ4v) is 3.50. The molecule has 0 unspecified atom stereocenters. The third-order valence-electron chi connectivity index (χ3n) is 5.43. The zero-order valence-corrected chi connectivity index (χ0v) is 16.1. The number of aliphatic imine (C=N–C) groups is 1. The molecule has 0 aliphatic heterocycles. The van der Waals surface area contributed by atoms with Crippen LogP contribution in [0.15, 0.2) is 29.3 Å². The highest BCUT2D eigenvalue weighted by Gasteiger charge is 2.44. The van der Waals surface area contributed by atoms with Crippen LogP contribution in [0.4, 0.5) is 4.39 Å². The van der Waals surface area contributed by atoms with E-state index < -0.39 is 0 Å². The van der Waals surface area contributed by atoms with E-state index in [1.807, 2.05) is 24.7 Å². The van der Waals surface area contributed by atoms with E-state index in [0.717, 1.165) is 49.6 Å². The first-order valence-corrected chi connectivity index (χ1v) is 9.15. The van der Waals surface area contributed by atoms with Crippen molar-refractivity contribution >= 4 is 5.96 Å². The van der Waals surface area contributed by atoms with E-state index in [1.54, 1.807) is 19.2 Å². The van der Waals surface area contributed by atoms with Crippen molar-refractivity contribution in [2.24, 2.45) is 12.0 Å². The van der Waals surface area contributed by atoms with Crippen LogP contribution in [0.3, 0.4) is 0 Å². The van der Waals surface area contributed by atoms with Gasteiger partial charge in [-0.3, -0.25) is 9.67 Å². The summed E-state index contributed by atoms with van der Waals surface area (Å²) in [5.41, 5.74) is 4.68. The van der Waals surface area contributed by atoms with Gasteiger partial charge in [-0.1, -0.05) is 12.1 Å². The monoisotopic (exact) mass is 357 g/mol. The quantitative estimate of drug-likeness (QED) is 0.617. The number of hydrogen-bond acceptors (Lipinski definition) is 2. The van der Waals surface area contributed by atoms with Crippen molar-refractivity contribution in [2.45, 2.75) is 38.5 Å². The fraction of sp³-hybridized carbons (Fsp3) is 0.500. The van der Waals surface area contributed by atoms with Gasteiger partial charge in [0.05, 0.1) is 5.69 Å². The lowest BCUT2D eigenvalue weighted by Crippen LogP contribution is -2.42. The van der Waals surface area contributed by atoms with Crippen LogP contribution in [0.1, 0.15) is 35.4 Å². The normalized spacial score (nSPS) is 15.8. The molecule has 140 valence electrons. The Balaban J connectivity index is 1.52. The van der Waals surface area contributed by atoms with Gasteiger partial charge in [-0.15, -0.1) is 0 Å². The van der Waals surface area contributed by atoms with E-state index in [2.05, 4.69) is 27.6 Å². The molecule has 0 saturated heterocycles. The van der Waals surface area contributed by atoms with Crippen molar-refractivity contribution in [1.82, 2.24) is 20.4 Å². The maximum Gasteiger partial charge on any atom is 0.191 e. The minimum atomic E-state index is -0.168. The summed E-state index contributed by atoms with van der Waals surface area (Å²) in [6.07, 6.45) is 3.06. The van der Waals surface area contributed by atoms with Gasteiger partial charge >= 0.3 is 0 Å². The highest BCUT2D eigenvalue weighted by atomic mass is 19.1. The Kier molecular flexibility index (Phi) is 5.30. The van der Waals surface area contributed by atoms with Gasteiger partial charge in [0.15, 0.2) is 5.96 Å². The Bertz CT molecular complexity index is 805. The minimum absolute atomic E-state index is 0.0379. The molecule has 0 atom stereocenters. The zero-order valence-electron chi connectivity index (χ0n) is 16.1. The highest BCUT2D eigenvalue weighted by Crippen LogP contribution is 2.47. The number of nitrogens with one attached hydrogen (secondary N) is 2. The number of halogens is 1. The molecule has 2 aromatic rings. The SMILES string of the molecule is CN=C(NCCc1c(C)nn(C)c1C)NCC1(c2cccc(F)c2)CC1. The molecular formula is C20H28FN5. The van der Waals surface area contributed by atoms with Gasteiger partial charge in [0.25, 0.3) is 0 Å². The maximum absolute atomic E-state index is 13.5. The van der Waals surface area contributed by atoms with Gasteiger partial charge in [0.1, 0.15) is 5.82 Å². The fourth-order valence-electron chi connectivity index (χ4n) is 3.50. The molecule has 1 heterocycles. The predicted molar refractivity (Wildman–Crippen MR) is 103 cm³/mol. The van der Waals surface area contributed by atoms with Crippen LogP contribution in [0.25, 0.3) is 0 Å². The second kappa shape index (κ2) is 7.48. The molecule has 1 aromatic carbocycles. The van der Waals surface area contributed by atoms with Gasteiger partial charge in [0.2, 0.25) is 0 Å². The summed E-state index contributed by atoms with van der Waals surface area (Å²) in [5, 5.41) is 11.2. The molecule has 6 heteroatoms. The van der Waals surface area contributed by atoms with Crippen molar-refractivity contribution in [3.05, 3.63) is 52.6 Å². The molecule has 3 rings (SSSR count). The standard InChI is InChI=1S/C20H28FN5/c1-14-18(15(2)26(4)25-14)8-11-23-19(22-3)24-13-20(9-10-20)16-6-5-7-17(21)12-16/h5-7,12H,8-11,13H2,1-4H3,(H2,22,23,24). The smallest absolute Gasteiger partial charge is 0.191 e. The number of aryl methyl sites for hydroxylation is 2. The summed E-state index contributed by atoms with van der Waals surface area (Å²) in [6.45, 7) is 5.70. The summed E-state index contributed by atoms with van der Waals surface area (Å²) in [6, 6.07) is 6.95. The van der Waals surface area contributed by atoms with E-state index in [0.29, 0.717) is 0 Å². The van der Waals surface area contributed by atoms with E-state index in [1.165, 1.54) is 17.3 Å². The number of aromatic nitrogens is 2. The molecule has 0 bridgehead atoms. The third kappa shape index (κ3) is 3.89. The molecule has 1 fully saturated rings. The summed E-state index contributed by atoms with van der Waals surface area (Å²) >= 11 is 0. The van der Waals surface area contributed by atoms with Gasteiger partial charge < -0.3 is 10.6 Å². The number of hydrogen-bond donors (Lipinski definition) is 2. The van der Waals surface area contributed by atoms with Crippen molar-refractivity contribution in [2.75, 3.05) is 20.1 Å². The number of rotatable bonds is 6. The molecule has 5 nitrogen and oxygen atoms in total. The molecule has 0 spiro atoms. The van der Waals surface area contributed by atoms with E-state index in [-0.39, 0.29) is 11.2 Å². The molecule has 26 heavy (non-hydrogen) atoms. The predicted octanol–water partition coefficient (Wildman–Crippen LogP) is 2.62. The first-order valence-electron chi connectivity index (χ1n) is 9.15. The number of benzene rings is 1. The molecule has 1 aromatic heterocycles. The zero-order chi connectivity index (χ0) is 18.7. The Morgan fingerprint density at radius 1 is 1.31 bits per heavy atom. The van der Waals surface area contributed by atoms with Gasteiger partial charge in [-0.25, -0.2) is 4.39 Å². The van der Waals surface area contributed by atoms with Crippen LogP contribution in [-0.4, -0.2) is 35.9 Å². The van der Waals surface area contributed by atoms with Crippen LogP contribution in [0.5, 0.6) is 0 Å². The lowest BCUT2D eigenvalue weighted by Gasteiger charge is -2.19. The lowest BCUT2D eigenvalue weighted by molar-refractivity contribution is 0.607. The van der Waals surface area contributed by atoms with E-state index in [4.69, 9.17) is 0 Å². The van der Waals surface area contributed by atoms with E-state index >= 15 is 0 Å². The molecule has 2 N–H and O–H groups in total. The Morgan fingerprint density at radius 3 is 2.65 bits per heavy atom. The Morgan fingerprint density at radius 2 is 2.08 bits per heavy atom. The van der Waals surface area contributed by atoms with Gasteiger partial charge in [-0.05, 0) is 56.4 Å². The molecule has 0 amide bonds. The minimum Gasteiger partial charge on any atom is -0.356 e. The van der Waals surface area contributed by atoms with Crippen LogP contribution < -0.4 is 10.6 Å². The highest BCUT2D eigenvalue weighted by molar-refractivity contribution is 5.79. The second-order valence-electron chi connectivity index (χ2n) is 7.17. The maximum atomic E-state index is 13.5. The average Bonchev–Trinajstić information content (AvgIpc) is 3.37. The molecule has 1 saturated carbocycles. The number of guanidine groups is 1. The third-order valence-corrected chi connectivity index (χ3v) is 5.43. The van der Waals surface area contributed by atoms with Crippen LogP contribution in [0.2, 0.25) is 0 Å². The number of nitrogens with zero attached hydrogens (tertiary/aromatic N) is 3. The van der Waals surface area contributed by atoms with Crippen molar-refractivity contribution in [3.63, 3.8) is 0 Å². The van der Waals surface area contributed by atoms with Crippen molar-refractivity contribution in [1.29, 1.82) is 0 Å². The van der Waals surface area contributed by atoms with E-state index in [9.17, 15) is 4.39 Å². The van der Waals surface area contributed by atoms with Gasteiger partial charge in [-0.2, -0.15) is 5.10 Å². The van der Waals surface area contributed by atoms with Crippen LogP contribution in [0, 0.1) is 19.7 Å². The first kappa shape index (κ1) is 18.4. The summed E-state index contributed by atoms with van der Waals surface area (Å²) in [7, 11) is 3.75. The molecule has 1 aliphatic rings. The Hall–Kier alpha value is -2.37. The summed E-state index contributed by atoms with van der Waals surface area (Å²) in [5.74, 6) is 0.616. The largest absolute Gasteiger partial charge is 0.356 e. The molecule has 0 radical (unpaired) electrons. The average molecular weight is 357 g/mol. The van der Waals surface area contributed by atoms with Crippen LogP contribution >= 0.6 is 0 Å². The summed E-state index contributed by atoms with van der Waals surface area (Å²) in [4.78, 5) is 4.31. The molecule has 1 aliphatic carbocycles. The second-order valence-corrected chi connectivity index (χ2v) is 7.17. The van der Waals surface area contributed by atoms with Gasteiger partial charge in [0, 0.05) is 38.3 Å². The first-order chi connectivity index (χ1) is 12.4. The lowest BCUT2D eigenvalue weighted by atomic mass is 9.96. The van der Waals surface area contributed by atoms with Crippen molar-refractivity contribution in [3.8, 4) is 0 Å².